The molecule has 8 heteroatoms. The predicted octanol–water partition coefficient (Wildman–Crippen LogP) is 3.87. The van der Waals surface area contributed by atoms with Crippen LogP contribution in [0.1, 0.15) is 44.7 Å². The first-order valence-electron chi connectivity index (χ1n) is 13.2. The first-order valence-corrected chi connectivity index (χ1v) is 13.6. The van der Waals surface area contributed by atoms with E-state index in [0.29, 0.717) is 24.6 Å². The van der Waals surface area contributed by atoms with E-state index >= 15 is 0 Å². The van der Waals surface area contributed by atoms with E-state index in [1.165, 1.54) is 0 Å². The van der Waals surface area contributed by atoms with E-state index in [0.717, 1.165) is 24.0 Å². The van der Waals surface area contributed by atoms with E-state index in [1.54, 1.807) is 18.7 Å². The number of nitrogens with zero attached hydrogens (tertiary/aromatic N) is 1. The molecule has 1 saturated heterocycles. The summed E-state index contributed by atoms with van der Waals surface area (Å²) in [5, 5.41) is 13.7. The van der Waals surface area contributed by atoms with Crippen LogP contribution in [0.5, 0.6) is 0 Å². The monoisotopic (exact) mass is 541 g/mol. The second-order valence-corrected chi connectivity index (χ2v) is 10.9. The summed E-state index contributed by atoms with van der Waals surface area (Å²) in [6.07, 6.45) is 5.69. The van der Waals surface area contributed by atoms with E-state index in [9.17, 15) is 14.7 Å². The zero-order valence-corrected chi connectivity index (χ0v) is 23.2. The van der Waals surface area contributed by atoms with Crippen LogP contribution >= 0.6 is 11.6 Å². The second kappa shape index (κ2) is 13.9. The Hall–Kier alpha value is -2.71. The van der Waals surface area contributed by atoms with Crippen LogP contribution in [0, 0.1) is 5.41 Å². The van der Waals surface area contributed by atoms with Crippen LogP contribution in [-0.2, 0) is 27.4 Å². The van der Waals surface area contributed by atoms with Crippen molar-refractivity contribution in [3.05, 3.63) is 82.9 Å². The maximum atomic E-state index is 13.8. The molecule has 0 unspecified atom stereocenters. The fourth-order valence-electron chi connectivity index (χ4n) is 4.63. The molecule has 1 aliphatic rings. The van der Waals surface area contributed by atoms with Gasteiger partial charge < -0.3 is 25.8 Å². The summed E-state index contributed by atoms with van der Waals surface area (Å²) >= 11 is 6.15. The second-order valence-electron chi connectivity index (χ2n) is 10.5. The Morgan fingerprint density at radius 2 is 1.92 bits per heavy atom. The van der Waals surface area contributed by atoms with E-state index in [1.807, 2.05) is 73.7 Å². The van der Waals surface area contributed by atoms with Gasteiger partial charge in [0.15, 0.2) is 0 Å². The molecular formula is C30H40ClN3O4. The van der Waals surface area contributed by atoms with Crippen molar-refractivity contribution in [2.24, 2.45) is 11.1 Å². The van der Waals surface area contributed by atoms with E-state index < -0.39 is 29.5 Å². The van der Waals surface area contributed by atoms with Crippen molar-refractivity contribution in [2.45, 2.75) is 70.9 Å². The Labute approximate surface area is 231 Å². The Balaban J connectivity index is 1.74. The molecule has 0 radical (unpaired) electrons. The number of hydrogen-bond donors (Lipinski definition) is 3. The van der Waals surface area contributed by atoms with Crippen LogP contribution < -0.4 is 11.1 Å². The first kappa shape index (κ1) is 29.8. The number of rotatable bonds is 12. The molecule has 0 aromatic heterocycles. The smallest absolute Gasteiger partial charge is 0.248 e. The van der Waals surface area contributed by atoms with Gasteiger partial charge in [-0.05, 0) is 56.4 Å². The molecule has 38 heavy (non-hydrogen) atoms. The lowest BCUT2D eigenvalue weighted by atomic mass is 9.83. The van der Waals surface area contributed by atoms with Crippen LogP contribution in [0.2, 0.25) is 5.02 Å². The molecule has 0 spiro atoms. The van der Waals surface area contributed by atoms with Crippen molar-refractivity contribution < 1.29 is 19.4 Å². The molecule has 0 saturated carbocycles. The summed E-state index contributed by atoms with van der Waals surface area (Å²) in [6, 6.07) is 15.5. The highest BCUT2D eigenvalue weighted by Gasteiger charge is 2.37. The van der Waals surface area contributed by atoms with Crippen molar-refractivity contribution in [2.75, 3.05) is 13.2 Å². The molecular weight excluding hydrogens is 502 g/mol. The third-order valence-electron chi connectivity index (χ3n) is 6.96. The number of aliphatic hydroxyl groups is 1. The summed E-state index contributed by atoms with van der Waals surface area (Å²) in [5.74, 6) is -0.605. The standard InChI is InChI=1S/C30H40ClN3O4/c1-21(32)28(36)33-27(22(2)38-19-23-9-5-4-6-10-23)29(37)34-16-8-13-26(34)14-15-30(3,20-35)18-24-11-7-12-25(31)17-24/h4-7,9-12,14-15,17,21-22,26-27,35H,8,13,16,18-20,32H2,1-3H3,(H,33,36)/t21-,22+,26-,27-,30-/m0/s1. The SMILES string of the molecule is C[C@H](N)C(=O)N[C@H](C(=O)N1CCC[C@H]1C=C[C@](C)(CO)Cc1cccc(Cl)c1)[C@@H](C)OCc1ccccc1. The fourth-order valence-corrected chi connectivity index (χ4v) is 4.84. The highest BCUT2D eigenvalue weighted by atomic mass is 35.5. The van der Waals surface area contributed by atoms with Gasteiger partial charge in [-0.3, -0.25) is 9.59 Å². The van der Waals surface area contributed by atoms with Gasteiger partial charge in [0.25, 0.3) is 0 Å². The molecule has 3 rings (SSSR count). The van der Waals surface area contributed by atoms with Gasteiger partial charge in [-0.2, -0.15) is 0 Å². The van der Waals surface area contributed by atoms with Crippen LogP contribution in [0.15, 0.2) is 66.7 Å². The lowest BCUT2D eigenvalue weighted by molar-refractivity contribution is -0.141. The van der Waals surface area contributed by atoms with Crippen molar-refractivity contribution >= 4 is 23.4 Å². The lowest BCUT2D eigenvalue weighted by Gasteiger charge is -2.32. The van der Waals surface area contributed by atoms with Gasteiger partial charge in [-0.15, -0.1) is 0 Å². The summed E-state index contributed by atoms with van der Waals surface area (Å²) in [5.41, 5.74) is 7.29. The summed E-state index contributed by atoms with van der Waals surface area (Å²) in [7, 11) is 0. The number of benzene rings is 2. The summed E-state index contributed by atoms with van der Waals surface area (Å²) in [4.78, 5) is 28.1. The third kappa shape index (κ3) is 8.40. The van der Waals surface area contributed by atoms with Gasteiger partial charge in [-0.25, -0.2) is 0 Å². The first-order chi connectivity index (χ1) is 18.1. The molecule has 4 N–H and O–H groups in total. The number of halogens is 1. The number of aliphatic hydroxyl groups excluding tert-OH is 1. The third-order valence-corrected chi connectivity index (χ3v) is 7.20. The minimum Gasteiger partial charge on any atom is -0.395 e. The number of amides is 2. The normalized spacial score (nSPS) is 19.6. The summed E-state index contributed by atoms with van der Waals surface area (Å²) in [6.45, 7) is 6.21. The van der Waals surface area contributed by atoms with E-state index in [2.05, 4.69) is 5.32 Å². The van der Waals surface area contributed by atoms with Gasteiger partial charge in [0.1, 0.15) is 6.04 Å². The zero-order chi connectivity index (χ0) is 27.7. The minimum absolute atomic E-state index is 0.0475. The Kier molecular flexibility index (Phi) is 10.9. The maximum absolute atomic E-state index is 13.8. The number of ether oxygens (including phenoxy) is 1. The average molecular weight is 542 g/mol. The average Bonchev–Trinajstić information content (AvgIpc) is 3.38. The molecule has 2 amide bonds. The molecule has 2 aromatic carbocycles. The van der Waals surface area contributed by atoms with Crippen molar-refractivity contribution in [1.82, 2.24) is 10.2 Å². The number of likely N-dealkylation sites (tertiary alicyclic amines) is 1. The highest BCUT2D eigenvalue weighted by Crippen LogP contribution is 2.28. The van der Waals surface area contributed by atoms with Gasteiger partial charge >= 0.3 is 0 Å². The largest absolute Gasteiger partial charge is 0.395 e. The molecule has 5 atom stereocenters. The molecule has 0 bridgehead atoms. The van der Waals surface area contributed by atoms with Crippen molar-refractivity contribution in [1.29, 1.82) is 0 Å². The fraction of sp³-hybridized carbons (Fsp3) is 0.467. The maximum Gasteiger partial charge on any atom is 0.248 e. The van der Waals surface area contributed by atoms with Crippen LogP contribution in [-0.4, -0.2) is 59.2 Å². The van der Waals surface area contributed by atoms with E-state index in [-0.39, 0.29) is 18.6 Å². The minimum atomic E-state index is -0.873. The van der Waals surface area contributed by atoms with Crippen LogP contribution in [0.25, 0.3) is 0 Å². The Bertz CT molecular complexity index is 1090. The Morgan fingerprint density at radius 1 is 1.21 bits per heavy atom. The number of nitrogens with one attached hydrogen (secondary N) is 1. The van der Waals surface area contributed by atoms with Gasteiger partial charge in [0.2, 0.25) is 11.8 Å². The number of carbonyl (C=O) groups excluding carboxylic acids is 2. The number of carbonyl (C=O) groups is 2. The highest BCUT2D eigenvalue weighted by molar-refractivity contribution is 6.30. The zero-order valence-electron chi connectivity index (χ0n) is 22.5. The molecule has 2 aromatic rings. The summed E-state index contributed by atoms with van der Waals surface area (Å²) < 4.78 is 6.03. The van der Waals surface area contributed by atoms with Gasteiger partial charge in [0.05, 0.1) is 31.4 Å². The molecule has 1 aliphatic heterocycles. The van der Waals surface area contributed by atoms with Gasteiger partial charge in [-0.1, -0.05) is 73.1 Å². The predicted molar refractivity (Wildman–Crippen MR) is 150 cm³/mol. The molecule has 206 valence electrons. The molecule has 7 nitrogen and oxygen atoms in total. The number of hydrogen-bond acceptors (Lipinski definition) is 5. The topological polar surface area (TPSA) is 105 Å². The van der Waals surface area contributed by atoms with Crippen molar-refractivity contribution in [3.63, 3.8) is 0 Å². The van der Waals surface area contributed by atoms with Crippen LogP contribution in [0.4, 0.5) is 0 Å². The molecule has 1 fully saturated rings. The Morgan fingerprint density at radius 3 is 2.58 bits per heavy atom. The lowest BCUT2D eigenvalue weighted by Crippen LogP contribution is -2.57. The number of nitrogens with two attached hydrogens (primary N) is 1. The van der Waals surface area contributed by atoms with E-state index in [4.69, 9.17) is 22.1 Å². The van der Waals surface area contributed by atoms with Gasteiger partial charge in [0, 0.05) is 17.0 Å². The molecule has 1 heterocycles. The quantitative estimate of drug-likeness (QED) is 0.354. The van der Waals surface area contributed by atoms with Crippen molar-refractivity contribution in [3.8, 4) is 0 Å². The van der Waals surface area contributed by atoms with Crippen LogP contribution in [0.3, 0.4) is 0 Å². The molecule has 0 aliphatic carbocycles.